The Labute approximate surface area is 67.6 Å². The van der Waals surface area contributed by atoms with Gasteiger partial charge in [-0.3, -0.25) is 0 Å². The quantitative estimate of drug-likeness (QED) is 0.620. The first kappa shape index (κ1) is 7.56. The van der Waals surface area contributed by atoms with E-state index in [1.165, 1.54) is 19.3 Å². The first-order chi connectivity index (χ1) is 5.35. The highest BCUT2D eigenvalue weighted by atomic mass is 16.5. The molecule has 2 bridgehead atoms. The van der Waals surface area contributed by atoms with Gasteiger partial charge in [0.25, 0.3) is 0 Å². The van der Waals surface area contributed by atoms with Gasteiger partial charge in [-0.05, 0) is 25.2 Å². The average molecular weight is 156 g/mol. The molecule has 1 saturated carbocycles. The van der Waals surface area contributed by atoms with Gasteiger partial charge in [0.05, 0.1) is 12.2 Å². The lowest BCUT2D eigenvalue weighted by Gasteiger charge is -2.43. The minimum atomic E-state index is -0.124. The molecule has 1 aliphatic carbocycles. The number of hydrogen-bond acceptors (Lipinski definition) is 2. The predicted molar refractivity (Wildman–Crippen MR) is 42.3 cm³/mol. The molecule has 2 nitrogen and oxygen atoms in total. The molecule has 1 heterocycles. The summed E-state index contributed by atoms with van der Waals surface area (Å²) in [6.07, 6.45) is 5.97. The molecule has 2 heteroatoms. The summed E-state index contributed by atoms with van der Waals surface area (Å²) in [6.45, 7) is 1.09. The summed E-state index contributed by atoms with van der Waals surface area (Å²) in [7, 11) is 0. The van der Waals surface area contributed by atoms with E-state index in [1.807, 2.05) is 0 Å². The van der Waals surface area contributed by atoms with Crippen LogP contribution in [0.4, 0.5) is 0 Å². The molecule has 11 heavy (non-hydrogen) atoms. The monoisotopic (exact) mass is 156 g/mol. The molecular weight excluding hydrogens is 140 g/mol. The van der Waals surface area contributed by atoms with Gasteiger partial charge < -0.3 is 9.84 Å². The minimum absolute atomic E-state index is 0.124. The summed E-state index contributed by atoms with van der Waals surface area (Å²) in [4.78, 5) is 0. The Morgan fingerprint density at radius 3 is 3.09 bits per heavy atom. The van der Waals surface area contributed by atoms with Gasteiger partial charge in [0.2, 0.25) is 0 Å². The van der Waals surface area contributed by atoms with Gasteiger partial charge in [-0.25, -0.2) is 0 Å². The standard InChI is InChI=1S/C9H16O2/c10-7-9-4-1-2-8(6-9)3-5-11-9/h8,10H,1-7H2. The van der Waals surface area contributed by atoms with E-state index in [2.05, 4.69) is 0 Å². The highest BCUT2D eigenvalue weighted by Crippen LogP contribution is 2.40. The third-order valence-corrected chi connectivity index (χ3v) is 3.13. The average Bonchev–Trinajstić information content (AvgIpc) is 2.05. The molecule has 1 N–H and O–H groups in total. The van der Waals surface area contributed by atoms with Crippen LogP contribution in [0.3, 0.4) is 0 Å². The smallest absolute Gasteiger partial charge is 0.0914 e. The zero-order valence-corrected chi connectivity index (χ0v) is 6.88. The molecule has 64 valence electrons. The van der Waals surface area contributed by atoms with Crippen molar-refractivity contribution in [1.29, 1.82) is 0 Å². The summed E-state index contributed by atoms with van der Waals surface area (Å²) in [5.74, 6) is 0.838. The van der Waals surface area contributed by atoms with Gasteiger partial charge in [0.1, 0.15) is 0 Å². The van der Waals surface area contributed by atoms with Gasteiger partial charge in [-0.2, -0.15) is 0 Å². The van der Waals surface area contributed by atoms with Crippen LogP contribution in [0.25, 0.3) is 0 Å². The van der Waals surface area contributed by atoms with Crippen molar-refractivity contribution in [3.8, 4) is 0 Å². The fourth-order valence-corrected chi connectivity index (χ4v) is 2.45. The molecule has 2 aliphatic rings. The first-order valence-corrected chi connectivity index (χ1v) is 4.59. The van der Waals surface area contributed by atoms with E-state index in [9.17, 15) is 0 Å². The lowest BCUT2D eigenvalue weighted by atomic mass is 9.75. The van der Waals surface area contributed by atoms with Gasteiger partial charge in [-0.15, -0.1) is 0 Å². The molecular formula is C9H16O2. The van der Waals surface area contributed by atoms with Crippen LogP contribution in [0.2, 0.25) is 0 Å². The van der Waals surface area contributed by atoms with Crippen LogP contribution in [-0.2, 0) is 4.74 Å². The van der Waals surface area contributed by atoms with Crippen molar-refractivity contribution < 1.29 is 9.84 Å². The van der Waals surface area contributed by atoms with Crippen LogP contribution >= 0.6 is 0 Å². The van der Waals surface area contributed by atoms with Gasteiger partial charge in [-0.1, -0.05) is 12.8 Å². The van der Waals surface area contributed by atoms with Crippen molar-refractivity contribution >= 4 is 0 Å². The number of aliphatic hydroxyl groups is 1. The van der Waals surface area contributed by atoms with Crippen molar-refractivity contribution in [2.45, 2.75) is 37.7 Å². The number of fused-ring (bicyclic) bond motifs is 2. The number of hydrogen-bond donors (Lipinski definition) is 1. The summed E-state index contributed by atoms with van der Waals surface area (Å²) < 4.78 is 5.64. The molecule has 0 radical (unpaired) electrons. The molecule has 2 fully saturated rings. The van der Waals surface area contributed by atoms with E-state index in [4.69, 9.17) is 9.84 Å². The Hall–Kier alpha value is -0.0800. The van der Waals surface area contributed by atoms with E-state index in [0.717, 1.165) is 25.4 Å². The molecule has 2 rings (SSSR count). The van der Waals surface area contributed by atoms with Crippen molar-refractivity contribution in [2.24, 2.45) is 5.92 Å². The Morgan fingerprint density at radius 2 is 2.36 bits per heavy atom. The molecule has 1 saturated heterocycles. The van der Waals surface area contributed by atoms with E-state index in [0.29, 0.717) is 0 Å². The highest BCUT2D eigenvalue weighted by Gasteiger charge is 2.39. The Bertz CT molecular complexity index is 134. The second kappa shape index (κ2) is 2.76. The topological polar surface area (TPSA) is 29.5 Å². The van der Waals surface area contributed by atoms with Gasteiger partial charge in [0.15, 0.2) is 0 Å². The fourth-order valence-electron chi connectivity index (χ4n) is 2.45. The van der Waals surface area contributed by atoms with E-state index in [1.54, 1.807) is 0 Å². The minimum Gasteiger partial charge on any atom is -0.393 e. The number of ether oxygens (including phenoxy) is 1. The molecule has 1 aliphatic heterocycles. The summed E-state index contributed by atoms with van der Waals surface area (Å²) >= 11 is 0. The van der Waals surface area contributed by atoms with E-state index < -0.39 is 0 Å². The van der Waals surface area contributed by atoms with Crippen LogP contribution in [0.15, 0.2) is 0 Å². The molecule has 0 amide bonds. The van der Waals surface area contributed by atoms with Gasteiger partial charge >= 0.3 is 0 Å². The normalized spacial score (nSPS) is 43.9. The maximum Gasteiger partial charge on any atom is 0.0914 e. The molecule has 0 aromatic rings. The lowest BCUT2D eigenvalue weighted by molar-refractivity contribution is -0.144. The van der Waals surface area contributed by atoms with Crippen LogP contribution in [0, 0.1) is 5.92 Å². The molecule has 0 spiro atoms. The van der Waals surface area contributed by atoms with Crippen LogP contribution < -0.4 is 0 Å². The van der Waals surface area contributed by atoms with E-state index >= 15 is 0 Å². The third kappa shape index (κ3) is 1.30. The number of aliphatic hydroxyl groups excluding tert-OH is 1. The van der Waals surface area contributed by atoms with Crippen molar-refractivity contribution in [3.63, 3.8) is 0 Å². The second-order valence-electron chi connectivity index (χ2n) is 3.94. The Morgan fingerprint density at radius 1 is 1.45 bits per heavy atom. The highest BCUT2D eigenvalue weighted by molar-refractivity contribution is 4.90. The lowest BCUT2D eigenvalue weighted by Crippen LogP contribution is -2.45. The summed E-state index contributed by atoms with van der Waals surface area (Å²) in [5, 5.41) is 9.17. The Kier molecular flexibility index (Phi) is 1.90. The summed E-state index contributed by atoms with van der Waals surface area (Å²) in [5.41, 5.74) is -0.124. The van der Waals surface area contributed by atoms with Crippen molar-refractivity contribution in [1.82, 2.24) is 0 Å². The molecule has 2 unspecified atom stereocenters. The molecule has 0 aromatic heterocycles. The molecule has 2 atom stereocenters. The zero-order valence-electron chi connectivity index (χ0n) is 6.88. The maximum absolute atomic E-state index is 9.17. The van der Waals surface area contributed by atoms with Crippen molar-refractivity contribution in [2.75, 3.05) is 13.2 Å². The predicted octanol–water partition coefficient (Wildman–Crippen LogP) is 1.33. The third-order valence-electron chi connectivity index (χ3n) is 3.13. The van der Waals surface area contributed by atoms with E-state index in [-0.39, 0.29) is 12.2 Å². The summed E-state index contributed by atoms with van der Waals surface area (Å²) in [6, 6.07) is 0. The van der Waals surface area contributed by atoms with Crippen LogP contribution in [-0.4, -0.2) is 23.9 Å². The first-order valence-electron chi connectivity index (χ1n) is 4.59. The number of rotatable bonds is 1. The SMILES string of the molecule is OCC12CCCC(CCO1)C2. The van der Waals surface area contributed by atoms with Crippen LogP contribution in [0.5, 0.6) is 0 Å². The fraction of sp³-hybridized carbons (Fsp3) is 1.00. The second-order valence-corrected chi connectivity index (χ2v) is 3.94. The largest absolute Gasteiger partial charge is 0.393 e. The van der Waals surface area contributed by atoms with Crippen LogP contribution in [0.1, 0.15) is 32.1 Å². The van der Waals surface area contributed by atoms with Gasteiger partial charge in [0, 0.05) is 6.61 Å². The molecule has 0 aromatic carbocycles. The Balaban J connectivity index is 2.07. The maximum atomic E-state index is 9.17. The zero-order chi connectivity index (χ0) is 7.73. The van der Waals surface area contributed by atoms with Crippen molar-refractivity contribution in [3.05, 3.63) is 0 Å².